The number of hydrogen-bond acceptors (Lipinski definition) is 7. The summed E-state index contributed by atoms with van der Waals surface area (Å²) in [6.07, 6.45) is -3.37. The smallest absolute Gasteiger partial charge is 0.435 e. The average molecular weight is 488 g/mol. The Labute approximate surface area is 195 Å². The van der Waals surface area contributed by atoms with Crippen LogP contribution in [0.2, 0.25) is 0 Å². The van der Waals surface area contributed by atoms with E-state index in [0.717, 1.165) is 12.1 Å². The number of nitrogens with zero attached hydrogens (tertiary/aromatic N) is 5. The van der Waals surface area contributed by atoms with Crippen molar-refractivity contribution in [2.24, 2.45) is 7.05 Å². The zero-order valence-electron chi connectivity index (χ0n) is 18.2. The van der Waals surface area contributed by atoms with Crippen LogP contribution in [0.5, 0.6) is 17.4 Å². The molecule has 4 rings (SSSR count). The molecule has 0 aliphatic carbocycles. The molecule has 0 aliphatic rings. The van der Waals surface area contributed by atoms with Gasteiger partial charge in [0.2, 0.25) is 0 Å². The number of aryl methyl sites for hydroxylation is 1. The van der Waals surface area contributed by atoms with Gasteiger partial charge in [-0.1, -0.05) is 12.1 Å². The lowest BCUT2D eigenvalue weighted by Crippen LogP contribution is -2.18. The largest absolute Gasteiger partial charge is 0.493 e. The summed E-state index contributed by atoms with van der Waals surface area (Å²) in [6.45, 7) is 0. The fourth-order valence-electron chi connectivity index (χ4n) is 3.07. The van der Waals surface area contributed by atoms with Gasteiger partial charge in [-0.3, -0.25) is 4.79 Å². The van der Waals surface area contributed by atoms with Crippen molar-refractivity contribution in [1.29, 1.82) is 0 Å². The number of hydrogen-bond donors (Lipinski definition) is 1. The van der Waals surface area contributed by atoms with Crippen LogP contribution in [0, 0.1) is 5.82 Å². The van der Waals surface area contributed by atoms with E-state index in [1.54, 1.807) is 35.9 Å². The third-order valence-electron chi connectivity index (χ3n) is 4.72. The summed E-state index contributed by atoms with van der Waals surface area (Å²) in [7, 11) is 2.98. The summed E-state index contributed by atoms with van der Waals surface area (Å²) >= 11 is 0. The maximum Gasteiger partial charge on any atom is 0.435 e. The summed E-state index contributed by atoms with van der Waals surface area (Å²) in [5, 5.41) is 16.9. The van der Waals surface area contributed by atoms with Crippen molar-refractivity contribution in [3.63, 3.8) is 0 Å². The minimum atomic E-state index is -4.86. The standard InChI is InChI=1S/C22H16F4N6O3/c1-32-11-27-30-19(32)12-4-3-5-14(8-12)28-20(33)15-10-18(22(24,25)26)29-31-21(15)35-16-7-6-13(23)9-17(16)34-2/h3-11H,1-2H3,(H,28,33). The first-order valence-corrected chi connectivity index (χ1v) is 9.88. The second-order valence-corrected chi connectivity index (χ2v) is 7.14. The predicted molar refractivity (Wildman–Crippen MR) is 114 cm³/mol. The van der Waals surface area contributed by atoms with Crippen LogP contribution in [-0.4, -0.2) is 38.0 Å². The lowest BCUT2D eigenvalue weighted by Gasteiger charge is -2.14. The molecule has 2 aromatic heterocycles. The van der Waals surface area contributed by atoms with Crippen LogP contribution in [0.3, 0.4) is 0 Å². The molecule has 2 heterocycles. The first-order chi connectivity index (χ1) is 16.7. The van der Waals surface area contributed by atoms with E-state index >= 15 is 0 Å². The summed E-state index contributed by atoms with van der Waals surface area (Å²) in [5.41, 5.74) is -1.07. The SMILES string of the molecule is COc1cc(F)ccc1Oc1nnc(C(F)(F)F)cc1C(=O)Nc1cccc(-c2nncn2C)c1. The molecule has 0 spiro atoms. The molecule has 9 nitrogen and oxygen atoms in total. The van der Waals surface area contributed by atoms with Crippen molar-refractivity contribution in [2.75, 3.05) is 12.4 Å². The van der Waals surface area contributed by atoms with E-state index in [9.17, 15) is 22.4 Å². The maximum absolute atomic E-state index is 13.5. The summed E-state index contributed by atoms with van der Waals surface area (Å²) < 4.78 is 65.5. The monoisotopic (exact) mass is 488 g/mol. The van der Waals surface area contributed by atoms with Crippen LogP contribution >= 0.6 is 0 Å². The van der Waals surface area contributed by atoms with E-state index in [1.165, 1.54) is 19.5 Å². The summed E-state index contributed by atoms with van der Waals surface area (Å²) in [6, 6.07) is 10.2. The molecule has 0 fully saturated rings. The second kappa shape index (κ2) is 9.37. The second-order valence-electron chi connectivity index (χ2n) is 7.14. The Bertz CT molecular complexity index is 1390. The number of benzene rings is 2. The molecule has 0 atom stereocenters. The van der Waals surface area contributed by atoms with Gasteiger partial charge in [-0.2, -0.15) is 13.2 Å². The minimum absolute atomic E-state index is 0.0607. The Morgan fingerprint density at radius 3 is 2.51 bits per heavy atom. The fraction of sp³-hybridized carbons (Fsp3) is 0.136. The van der Waals surface area contributed by atoms with E-state index in [4.69, 9.17) is 9.47 Å². The quantitative estimate of drug-likeness (QED) is 0.399. The Balaban J connectivity index is 1.69. The Hall–Kier alpha value is -4.55. The number of nitrogens with one attached hydrogen (secondary N) is 1. The molecule has 0 unspecified atom stereocenters. The highest BCUT2D eigenvalue weighted by Crippen LogP contribution is 2.35. The molecule has 2 aromatic carbocycles. The Morgan fingerprint density at radius 2 is 1.83 bits per heavy atom. The number of anilines is 1. The summed E-state index contributed by atoms with van der Waals surface area (Å²) in [4.78, 5) is 13.0. The highest BCUT2D eigenvalue weighted by atomic mass is 19.4. The van der Waals surface area contributed by atoms with Gasteiger partial charge in [-0.05, 0) is 30.3 Å². The number of ether oxygens (including phenoxy) is 2. The third kappa shape index (κ3) is 5.18. The third-order valence-corrected chi connectivity index (χ3v) is 4.72. The predicted octanol–water partition coefficient (Wildman–Crippen LogP) is 4.48. The van der Waals surface area contributed by atoms with Crippen LogP contribution in [0.15, 0.2) is 54.9 Å². The molecule has 180 valence electrons. The Morgan fingerprint density at radius 1 is 1.03 bits per heavy atom. The minimum Gasteiger partial charge on any atom is -0.493 e. The number of halogens is 4. The van der Waals surface area contributed by atoms with E-state index in [2.05, 4.69) is 25.7 Å². The molecule has 35 heavy (non-hydrogen) atoms. The van der Waals surface area contributed by atoms with E-state index in [0.29, 0.717) is 17.5 Å². The average Bonchev–Trinajstić information content (AvgIpc) is 3.25. The number of alkyl halides is 3. The van der Waals surface area contributed by atoms with Crippen LogP contribution in [0.25, 0.3) is 11.4 Å². The van der Waals surface area contributed by atoms with E-state index < -0.39 is 35.0 Å². The molecule has 13 heteroatoms. The molecular weight excluding hydrogens is 472 g/mol. The van der Waals surface area contributed by atoms with E-state index in [1.807, 2.05) is 0 Å². The number of methoxy groups -OCH3 is 1. The van der Waals surface area contributed by atoms with Gasteiger partial charge in [0.15, 0.2) is 23.0 Å². The molecule has 0 aliphatic heterocycles. The van der Waals surface area contributed by atoms with Crippen LogP contribution in [0.4, 0.5) is 23.2 Å². The zero-order valence-corrected chi connectivity index (χ0v) is 18.2. The van der Waals surface area contributed by atoms with Gasteiger partial charge in [0.05, 0.1) is 7.11 Å². The topological polar surface area (TPSA) is 104 Å². The number of rotatable bonds is 6. The van der Waals surface area contributed by atoms with Gasteiger partial charge in [0, 0.05) is 24.4 Å². The molecule has 1 amide bonds. The molecule has 4 aromatic rings. The van der Waals surface area contributed by atoms with Gasteiger partial charge in [-0.25, -0.2) is 4.39 Å². The lowest BCUT2D eigenvalue weighted by atomic mass is 10.1. The normalized spacial score (nSPS) is 11.3. The zero-order chi connectivity index (χ0) is 25.2. The summed E-state index contributed by atoms with van der Waals surface area (Å²) in [5.74, 6) is -1.75. The number of carbonyl (C=O) groups is 1. The number of amides is 1. The van der Waals surface area contributed by atoms with Crippen molar-refractivity contribution in [2.45, 2.75) is 6.18 Å². The molecule has 0 bridgehead atoms. The van der Waals surface area contributed by atoms with Crippen molar-refractivity contribution < 1.29 is 31.8 Å². The van der Waals surface area contributed by atoms with E-state index in [-0.39, 0.29) is 17.2 Å². The number of aromatic nitrogens is 5. The first kappa shape index (κ1) is 23.6. The van der Waals surface area contributed by atoms with Crippen molar-refractivity contribution in [3.8, 4) is 28.8 Å². The van der Waals surface area contributed by atoms with Crippen LogP contribution in [0.1, 0.15) is 16.1 Å². The highest BCUT2D eigenvalue weighted by molar-refractivity contribution is 6.06. The van der Waals surface area contributed by atoms with Gasteiger partial charge in [0.1, 0.15) is 17.7 Å². The van der Waals surface area contributed by atoms with Crippen molar-refractivity contribution in [3.05, 3.63) is 71.9 Å². The van der Waals surface area contributed by atoms with Crippen LogP contribution in [-0.2, 0) is 13.2 Å². The van der Waals surface area contributed by atoms with Crippen LogP contribution < -0.4 is 14.8 Å². The molecular formula is C22H16F4N6O3. The first-order valence-electron chi connectivity index (χ1n) is 9.88. The van der Waals surface area contributed by atoms with Gasteiger partial charge < -0.3 is 19.4 Å². The molecule has 0 saturated carbocycles. The molecule has 0 radical (unpaired) electrons. The maximum atomic E-state index is 13.5. The van der Waals surface area contributed by atoms with Crippen molar-refractivity contribution in [1.82, 2.24) is 25.0 Å². The lowest BCUT2D eigenvalue weighted by molar-refractivity contribution is -0.141. The fourth-order valence-corrected chi connectivity index (χ4v) is 3.07. The highest BCUT2D eigenvalue weighted by Gasteiger charge is 2.35. The van der Waals surface area contributed by atoms with Gasteiger partial charge in [-0.15, -0.1) is 20.4 Å². The Kier molecular flexibility index (Phi) is 6.32. The van der Waals surface area contributed by atoms with Crippen molar-refractivity contribution >= 4 is 11.6 Å². The van der Waals surface area contributed by atoms with Gasteiger partial charge >= 0.3 is 6.18 Å². The number of carbonyl (C=O) groups excluding carboxylic acids is 1. The molecule has 1 N–H and O–H groups in total. The van der Waals surface area contributed by atoms with Gasteiger partial charge in [0.25, 0.3) is 11.8 Å². The molecule has 0 saturated heterocycles.